The average Bonchev–Trinajstić information content (AvgIpc) is 2.37. The summed E-state index contributed by atoms with van der Waals surface area (Å²) in [4.78, 5) is 23.0. The normalized spacial score (nSPS) is 10.8. The number of hydrogen-bond donors (Lipinski definition) is 1. The molecule has 20 heavy (non-hydrogen) atoms. The average molecular weight is 275 g/mol. The minimum absolute atomic E-state index is 0.00255. The molecule has 0 saturated heterocycles. The van der Waals surface area contributed by atoms with Gasteiger partial charge in [-0.25, -0.2) is 4.79 Å². The second-order valence-corrected chi connectivity index (χ2v) is 4.76. The second-order valence-electron chi connectivity index (χ2n) is 4.76. The number of rotatable bonds is 4. The molecule has 1 amide bonds. The van der Waals surface area contributed by atoms with E-state index in [1.165, 1.54) is 13.2 Å². The molecule has 2 aromatic rings. The van der Waals surface area contributed by atoms with Crippen LogP contribution in [0.25, 0.3) is 11.0 Å². The lowest BCUT2D eigenvalue weighted by Crippen LogP contribution is -2.27. The van der Waals surface area contributed by atoms with Gasteiger partial charge in [0.25, 0.3) is 0 Å². The molecule has 2 rings (SSSR count). The number of aryl methyl sites for hydroxylation is 2. The zero-order chi connectivity index (χ0) is 14.7. The highest BCUT2D eigenvalue weighted by Crippen LogP contribution is 2.22. The molecule has 0 fully saturated rings. The highest BCUT2D eigenvalue weighted by molar-refractivity contribution is 5.84. The maximum atomic E-state index is 11.6. The first-order valence-corrected chi connectivity index (χ1v) is 6.31. The summed E-state index contributed by atoms with van der Waals surface area (Å²) in [5, 5.41) is 3.56. The van der Waals surface area contributed by atoms with Crippen LogP contribution in [0.15, 0.2) is 27.4 Å². The molecule has 0 bridgehead atoms. The van der Waals surface area contributed by atoms with Gasteiger partial charge in [0.15, 0.2) is 0 Å². The molecule has 106 valence electrons. The highest BCUT2D eigenvalue weighted by Gasteiger charge is 2.10. The van der Waals surface area contributed by atoms with Gasteiger partial charge >= 0.3 is 5.63 Å². The van der Waals surface area contributed by atoms with Crippen molar-refractivity contribution < 1.29 is 13.9 Å². The molecular formula is C15H17NO4. The second kappa shape index (κ2) is 5.88. The Morgan fingerprint density at radius 3 is 2.75 bits per heavy atom. The van der Waals surface area contributed by atoms with Crippen molar-refractivity contribution in [2.75, 3.05) is 13.7 Å². The van der Waals surface area contributed by atoms with Gasteiger partial charge in [-0.2, -0.15) is 0 Å². The van der Waals surface area contributed by atoms with E-state index in [4.69, 9.17) is 9.15 Å². The third-order valence-corrected chi connectivity index (χ3v) is 3.01. The van der Waals surface area contributed by atoms with Crippen LogP contribution < -0.4 is 10.9 Å². The Balaban J connectivity index is 2.42. The van der Waals surface area contributed by atoms with Crippen molar-refractivity contribution in [1.29, 1.82) is 0 Å². The van der Waals surface area contributed by atoms with Gasteiger partial charge < -0.3 is 14.5 Å². The van der Waals surface area contributed by atoms with Gasteiger partial charge in [0.1, 0.15) is 12.2 Å². The summed E-state index contributed by atoms with van der Waals surface area (Å²) in [6, 6.07) is 5.32. The molecule has 0 aliphatic rings. The number of fused-ring (bicyclic) bond motifs is 1. The first kappa shape index (κ1) is 14.3. The van der Waals surface area contributed by atoms with Crippen LogP contribution in [0.4, 0.5) is 0 Å². The van der Waals surface area contributed by atoms with E-state index in [9.17, 15) is 9.59 Å². The lowest BCUT2D eigenvalue weighted by molar-refractivity contribution is -0.124. The van der Waals surface area contributed by atoms with Crippen molar-refractivity contribution >= 4 is 16.9 Å². The zero-order valence-electron chi connectivity index (χ0n) is 11.8. The molecule has 0 spiro atoms. The van der Waals surface area contributed by atoms with E-state index < -0.39 is 5.63 Å². The van der Waals surface area contributed by atoms with E-state index in [-0.39, 0.29) is 19.1 Å². The van der Waals surface area contributed by atoms with Crippen LogP contribution in [0.3, 0.4) is 0 Å². The van der Waals surface area contributed by atoms with E-state index in [1.54, 1.807) is 0 Å². The fourth-order valence-corrected chi connectivity index (χ4v) is 2.20. The van der Waals surface area contributed by atoms with Crippen LogP contribution in [0, 0.1) is 13.8 Å². The van der Waals surface area contributed by atoms with Crippen LogP contribution in [0.1, 0.15) is 16.7 Å². The van der Waals surface area contributed by atoms with Crippen molar-refractivity contribution in [3.8, 4) is 0 Å². The van der Waals surface area contributed by atoms with Crippen LogP contribution in [-0.4, -0.2) is 19.6 Å². The first-order valence-electron chi connectivity index (χ1n) is 6.31. The van der Waals surface area contributed by atoms with Crippen molar-refractivity contribution in [2.24, 2.45) is 0 Å². The Morgan fingerprint density at radius 2 is 2.05 bits per heavy atom. The van der Waals surface area contributed by atoms with Crippen molar-refractivity contribution in [3.05, 3.63) is 45.3 Å². The summed E-state index contributed by atoms with van der Waals surface area (Å²) in [6.45, 7) is 4.14. The third-order valence-electron chi connectivity index (χ3n) is 3.01. The molecule has 1 N–H and O–H groups in total. The van der Waals surface area contributed by atoms with Crippen molar-refractivity contribution in [1.82, 2.24) is 5.32 Å². The molecule has 0 aliphatic carbocycles. The standard InChI is InChI=1S/C15H17NO4/c1-9-4-10(2)15-12(5-9)11(6-14(18)20-15)7-16-13(17)8-19-3/h4-6H,7-8H2,1-3H3,(H,16,17). The topological polar surface area (TPSA) is 68.5 Å². The van der Waals surface area contributed by atoms with Gasteiger partial charge in [-0.15, -0.1) is 0 Å². The van der Waals surface area contributed by atoms with Gasteiger partial charge in [0.2, 0.25) is 5.91 Å². The SMILES string of the molecule is COCC(=O)NCc1cc(=O)oc2c(C)cc(C)cc12. The summed E-state index contributed by atoms with van der Waals surface area (Å²) in [5.41, 5.74) is 2.88. The van der Waals surface area contributed by atoms with Crippen molar-refractivity contribution in [2.45, 2.75) is 20.4 Å². The summed E-state index contributed by atoms with van der Waals surface area (Å²) in [5.74, 6) is -0.224. The fourth-order valence-electron chi connectivity index (χ4n) is 2.20. The lowest BCUT2D eigenvalue weighted by atomic mass is 10.0. The smallest absolute Gasteiger partial charge is 0.336 e. The number of carbonyl (C=O) groups is 1. The molecule has 0 saturated carbocycles. The Bertz CT molecular complexity index is 703. The van der Waals surface area contributed by atoms with Crippen LogP contribution in [-0.2, 0) is 16.1 Å². The van der Waals surface area contributed by atoms with E-state index in [0.29, 0.717) is 5.58 Å². The minimum Gasteiger partial charge on any atom is -0.422 e. The summed E-state index contributed by atoms with van der Waals surface area (Å²) in [6.07, 6.45) is 0. The maximum Gasteiger partial charge on any atom is 0.336 e. The number of benzene rings is 1. The molecular weight excluding hydrogens is 258 g/mol. The Kier molecular flexibility index (Phi) is 4.20. The van der Waals surface area contributed by atoms with Gasteiger partial charge in [0, 0.05) is 25.1 Å². The van der Waals surface area contributed by atoms with E-state index in [0.717, 1.165) is 22.1 Å². The van der Waals surface area contributed by atoms with Gasteiger partial charge in [-0.1, -0.05) is 6.07 Å². The summed E-state index contributed by atoms with van der Waals surface area (Å²) in [7, 11) is 1.46. The molecule has 0 atom stereocenters. The Morgan fingerprint density at radius 1 is 1.30 bits per heavy atom. The minimum atomic E-state index is -0.416. The summed E-state index contributed by atoms with van der Waals surface area (Å²) < 4.78 is 10.00. The lowest BCUT2D eigenvalue weighted by Gasteiger charge is -2.09. The molecule has 1 aromatic heterocycles. The monoisotopic (exact) mass is 275 g/mol. The number of carbonyl (C=O) groups excluding carboxylic acids is 1. The molecule has 5 heteroatoms. The Hall–Kier alpha value is -2.14. The maximum absolute atomic E-state index is 11.6. The first-order chi connectivity index (χ1) is 9.51. The highest BCUT2D eigenvalue weighted by atomic mass is 16.5. The molecule has 1 heterocycles. The molecule has 5 nitrogen and oxygen atoms in total. The quantitative estimate of drug-likeness (QED) is 0.862. The van der Waals surface area contributed by atoms with E-state index in [1.807, 2.05) is 26.0 Å². The number of nitrogens with one attached hydrogen (secondary N) is 1. The molecule has 0 unspecified atom stereocenters. The van der Waals surface area contributed by atoms with Gasteiger partial charge in [-0.3, -0.25) is 4.79 Å². The van der Waals surface area contributed by atoms with Gasteiger partial charge in [0.05, 0.1) is 0 Å². The number of hydrogen-bond acceptors (Lipinski definition) is 4. The van der Waals surface area contributed by atoms with E-state index in [2.05, 4.69) is 5.32 Å². The largest absolute Gasteiger partial charge is 0.422 e. The number of amides is 1. The molecule has 1 aromatic carbocycles. The Labute approximate surface area is 116 Å². The predicted molar refractivity (Wildman–Crippen MR) is 75.7 cm³/mol. The number of ether oxygens (including phenoxy) is 1. The van der Waals surface area contributed by atoms with Crippen LogP contribution in [0.5, 0.6) is 0 Å². The van der Waals surface area contributed by atoms with Gasteiger partial charge in [-0.05, 0) is 36.6 Å². The zero-order valence-corrected chi connectivity index (χ0v) is 11.8. The number of methoxy groups -OCH3 is 1. The van der Waals surface area contributed by atoms with Crippen molar-refractivity contribution in [3.63, 3.8) is 0 Å². The predicted octanol–water partition coefficient (Wildman–Crippen LogP) is 1.67. The fraction of sp³-hybridized carbons (Fsp3) is 0.333. The van der Waals surface area contributed by atoms with Crippen LogP contribution in [0.2, 0.25) is 0 Å². The molecule has 0 aliphatic heterocycles. The summed E-state index contributed by atoms with van der Waals surface area (Å²) >= 11 is 0. The third kappa shape index (κ3) is 3.05. The molecule has 0 radical (unpaired) electrons. The van der Waals surface area contributed by atoms with E-state index >= 15 is 0 Å². The van der Waals surface area contributed by atoms with Crippen LogP contribution >= 0.6 is 0 Å².